The summed E-state index contributed by atoms with van der Waals surface area (Å²) in [6.07, 6.45) is 1.92. The fourth-order valence-electron chi connectivity index (χ4n) is 3.32. The van der Waals surface area contributed by atoms with Crippen LogP contribution in [0.2, 0.25) is 5.02 Å². The van der Waals surface area contributed by atoms with E-state index < -0.39 is 11.7 Å². The van der Waals surface area contributed by atoms with Crippen LogP contribution < -0.4 is 5.32 Å². The van der Waals surface area contributed by atoms with Crippen LogP contribution in [0.1, 0.15) is 28.8 Å². The lowest BCUT2D eigenvalue weighted by Crippen LogP contribution is -2.43. The fraction of sp³-hybridized carbons (Fsp3) is 0.333. The monoisotopic (exact) mass is 388 g/mol. The van der Waals surface area contributed by atoms with Crippen molar-refractivity contribution in [1.29, 1.82) is 0 Å². The van der Waals surface area contributed by atoms with E-state index in [9.17, 15) is 14.0 Å². The van der Waals surface area contributed by atoms with Gasteiger partial charge in [-0.1, -0.05) is 48.0 Å². The van der Waals surface area contributed by atoms with Crippen molar-refractivity contribution in [2.24, 2.45) is 5.92 Å². The second-order valence-electron chi connectivity index (χ2n) is 6.69. The number of carbonyl (C=O) groups excluding carboxylic acids is 2. The zero-order valence-electron chi connectivity index (χ0n) is 15.0. The quantitative estimate of drug-likeness (QED) is 0.849. The zero-order chi connectivity index (χ0) is 19.2. The highest BCUT2D eigenvalue weighted by molar-refractivity contribution is 6.33. The maximum atomic E-state index is 13.9. The number of halogens is 2. The molecule has 1 heterocycles. The molecule has 0 radical (unpaired) electrons. The molecule has 1 saturated heterocycles. The summed E-state index contributed by atoms with van der Waals surface area (Å²) in [6.45, 7) is 1.42. The number of likely N-dealkylation sites (tertiary alicyclic amines) is 1. The van der Waals surface area contributed by atoms with E-state index >= 15 is 0 Å². The van der Waals surface area contributed by atoms with Crippen molar-refractivity contribution in [3.8, 4) is 0 Å². The largest absolute Gasteiger partial charge is 0.356 e. The molecule has 1 fully saturated rings. The highest BCUT2D eigenvalue weighted by Gasteiger charge is 2.29. The summed E-state index contributed by atoms with van der Waals surface area (Å²) in [5.74, 6) is -1.14. The van der Waals surface area contributed by atoms with Crippen LogP contribution in [0.5, 0.6) is 0 Å². The van der Waals surface area contributed by atoms with Crippen LogP contribution in [0, 0.1) is 11.7 Å². The Labute approximate surface area is 163 Å². The number of nitrogens with one attached hydrogen (secondary N) is 1. The molecule has 0 spiro atoms. The molecule has 0 unspecified atom stereocenters. The number of hydrogen-bond donors (Lipinski definition) is 1. The van der Waals surface area contributed by atoms with Gasteiger partial charge in [-0.2, -0.15) is 0 Å². The van der Waals surface area contributed by atoms with Crippen molar-refractivity contribution >= 4 is 23.4 Å². The molecule has 0 saturated carbocycles. The highest BCUT2D eigenvalue weighted by Crippen LogP contribution is 2.24. The van der Waals surface area contributed by atoms with Gasteiger partial charge < -0.3 is 10.2 Å². The number of benzene rings is 2. The van der Waals surface area contributed by atoms with E-state index in [1.165, 1.54) is 23.8 Å². The number of carbonyl (C=O) groups is 2. The maximum absolute atomic E-state index is 13.9. The minimum absolute atomic E-state index is 0.0157. The van der Waals surface area contributed by atoms with E-state index in [2.05, 4.69) is 5.32 Å². The van der Waals surface area contributed by atoms with Crippen molar-refractivity contribution in [3.05, 3.63) is 70.5 Å². The van der Waals surface area contributed by atoms with Crippen LogP contribution >= 0.6 is 11.6 Å². The van der Waals surface area contributed by atoms with E-state index in [1.54, 1.807) is 4.90 Å². The normalized spacial score (nSPS) is 14.8. The summed E-state index contributed by atoms with van der Waals surface area (Å²) in [7, 11) is 0. The lowest BCUT2D eigenvalue weighted by Gasteiger charge is -2.31. The third kappa shape index (κ3) is 4.86. The van der Waals surface area contributed by atoms with Gasteiger partial charge in [0.15, 0.2) is 0 Å². The van der Waals surface area contributed by atoms with Crippen LogP contribution in [-0.4, -0.2) is 36.3 Å². The number of rotatable bonds is 5. The van der Waals surface area contributed by atoms with E-state index in [4.69, 9.17) is 11.6 Å². The van der Waals surface area contributed by atoms with Gasteiger partial charge in [-0.15, -0.1) is 0 Å². The average molecular weight is 389 g/mol. The number of hydrogen-bond acceptors (Lipinski definition) is 2. The molecular formula is C21H22ClFN2O2. The summed E-state index contributed by atoms with van der Waals surface area (Å²) in [5, 5.41) is 3.08. The Bertz CT molecular complexity index is 785. The predicted octanol–water partition coefficient (Wildman–Crippen LogP) is 3.69. The first kappa shape index (κ1) is 19.4. The molecule has 27 heavy (non-hydrogen) atoms. The first-order valence-corrected chi connectivity index (χ1v) is 9.49. The molecule has 0 aromatic heterocycles. The first-order chi connectivity index (χ1) is 13.1. The lowest BCUT2D eigenvalue weighted by atomic mass is 9.95. The van der Waals surface area contributed by atoms with Crippen LogP contribution in [0.25, 0.3) is 0 Å². The Morgan fingerprint density at radius 1 is 1.07 bits per heavy atom. The van der Waals surface area contributed by atoms with Gasteiger partial charge in [0.2, 0.25) is 5.91 Å². The molecule has 4 nitrogen and oxygen atoms in total. The molecule has 2 aromatic carbocycles. The summed E-state index contributed by atoms with van der Waals surface area (Å²) in [6, 6.07) is 14.2. The Balaban J connectivity index is 1.48. The van der Waals surface area contributed by atoms with E-state index in [0.717, 1.165) is 6.42 Å². The molecule has 1 aliphatic rings. The number of nitrogens with zero attached hydrogens (tertiary/aromatic N) is 1. The standard InChI is InChI=1S/C21H22ClFN2O2/c22-17-7-4-8-18(23)19(17)21(27)25-13-10-16(11-14-25)20(26)24-12-9-15-5-2-1-3-6-15/h1-8,16H,9-14H2,(H,24,26). The average Bonchev–Trinajstić information content (AvgIpc) is 2.68. The van der Waals surface area contributed by atoms with E-state index in [0.29, 0.717) is 32.5 Å². The second-order valence-corrected chi connectivity index (χ2v) is 7.10. The molecule has 0 atom stereocenters. The molecule has 1 N–H and O–H groups in total. The van der Waals surface area contributed by atoms with Crippen molar-refractivity contribution < 1.29 is 14.0 Å². The van der Waals surface area contributed by atoms with Gasteiger partial charge in [0.25, 0.3) is 5.91 Å². The van der Waals surface area contributed by atoms with Gasteiger partial charge in [-0.3, -0.25) is 9.59 Å². The Hall–Kier alpha value is -2.40. The summed E-state index contributed by atoms with van der Waals surface area (Å²) in [5.41, 5.74) is 1.09. The molecular weight excluding hydrogens is 367 g/mol. The predicted molar refractivity (Wildman–Crippen MR) is 103 cm³/mol. The molecule has 142 valence electrons. The minimum Gasteiger partial charge on any atom is -0.356 e. The maximum Gasteiger partial charge on any atom is 0.258 e. The highest BCUT2D eigenvalue weighted by atomic mass is 35.5. The zero-order valence-corrected chi connectivity index (χ0v) is 15.7. The molecule has 2 aromatic rings. The molecule has 0 aliphatic carbocycles. The Morgan fingerprint density at radius 3 is 2.44 bits per heavy atom. The van der Waals surface area contributed by atoms with Crippen LogP contribution in [0.3, 0.4) is 0 Å². The molecule has 2 amide bonds. The molecule has 1 aliphatic heterocycles. The van der Waals surface area contributed by atoms with Gasteiger partial charge in [-0.25, -0.2) is 4.39 Å². The summed E-state index contributed by atoms with van der Waals surface area (Å²) >= 11 is 5.98. The third-order valence-corrected chi connectivity index (χ3v) is 5.20. The van der Waals surface area contributed by atoms with Crippen molar-refractivity contribution in [2.75, 3.05) is 19.6 Å². The first-order valence-electron chi connectivity index (χ1n) is 9.11. The van der Waals surface area contributed by atoms with Gasteiger partial charge in [0.05, 0.1) is 10.6 Å². The Morgan fingerprint density at radius 2 is 1.78 bits per heavy atom. The summed E-state index contributed by atoms with van der Waals surface area (Å²) < 4.78 is 13.9. The number of amides is 2. The SMILES string of the molecule is O=C(NCCc1ccccc1)C1CCN(C(=O)c2c(F)cccc2Cl)CC1. The number of piperidine rings is 1. The van der Waals surface area contributed by atoms with Gasteiger partial charge >= 0.3 is 0 Å². The van der Waals surface area contributed by atoms with Crippen LogP contribution in [-0.2, 0) is 11.2 Å². The van der Waals surface area contributed by atoms with E-state index in [-0.39, 0.29) is 22.4 Å². The van der Waals surface area contributed by atoms with Gasteiger partial charge in [0, 0.05) is 25.6 Å². The van der Waals surface area contributed by atoms with E-state index in [1.807, 2.05) is 30.3 Å². The van der Waals surface area contributed by atoms with Gasteiger partial charge in [-0.05, 0) is 37.0 Å². The smallest absolute Gasteiger partial charge is 0.258 e. The third-order valence-electron chi connectivity index (χ3n) is 4.89. The fourth-order valence-corrected chi connectivity index (χ4v) is 3.57. The van der Waals surface area contributed by atoms with Crippen molar-refractivity contribution in [2.45, 2.75) is 19.3 Å². The van der Waals surface area contributed by atoms with Crippen molar-refractivity contribution in [3.63, 3.8) is 0 Å². The minimum atomic E-state index is -0.617. The second kappa shape index (κ2) is 9.00. The lowest BCUT2D eigenvalue weighted by molar-refractivity contribution is -0.126. The molecule has 3 rings (SSSR count). The Kier molecular flexibility index (Phi) is 6.45. The summed E-state index contributed by atoms with van der Waals surface area (Å²) in [4.78, 5) is 26.5. The molecule has 0 bridgehead atoms. The van der Waals surface area contributed by atoms with Gasteiger partial charge in [0.1, 0.15) is 5.82 Å². The van der Waals surface area contributed by atoms with Crippen LogP contribution in [0.4, 0.5) is 4.39 Å². The van der Waals surface area contributed by atoms with Crippen molar-refractivity contribution in [1.82, 2.24) is 10.2 Å². The van der Waals surface area contributed by atoms with Crippen LogP contribution in [0.15, 0.2) is 48.5 Å². The molecule has 6 heteroatoms. The topological polar surface area (TPSA) is 49.4 Å².